The summed E-state index contributed by atoms with van der Waals surface area (Å²) in [6, 6.07) is 44.4. The van der Waals surface area contributed by atoms with Crippen LogP contribution in [0.1, 0.15) is 68.6 Å². The van der Waals surface area contributed by atoms with Crippen molar-refractivity contribution in [2.45, 2.75) is 71.6 Å². The number of nitrogens with one attached hydrogen (secondary N) is 2. The van der Waals surface area contributed by atoms with Crippen LogP contribution in [-0.4, -0.2) is 21.3 Å². The number of amides is 1. The molecule has 0 aliphatic rings. The van der Waals surface area contributed by atoms with E-state index < -0.39 is 8.07 Å². The summed E-state index contributed by atoms with van der Waals surface area (Å²) in [5.74, 6) is 0.864. The number of hydrogen-bond acceptors (Lipinski definition) is 5. The van der Waals surface area contributed by atoms with E-state index in [-0.39, 0.29) is 39.3 Å². The van der Waals surface area contributed by atoms with Crippen LogP contribution in [0.4, 0.5) is 5.82 Å². The van der Waals surface area contributed by atoms with Gasteiger partial charge in [-0.05, 0) is 70.4 Å². The standard InChI is InChI=1S/C14H24N3P.C14H13NO.C7H9N.C7H8O.Ni/c1-13(2,3)18(14(4,5)6)17-12-10-8-9-11(15-7)16-12;16-14(13-9-5-2-6-10-13)15-11-12-7-3-1-4-8-12;2*8-6-7-4-2-1-3-5-7;/h8-10H,7H2,1-6H3,(H-,15,16,17);1-10H,11H2,(H,15,16);1-5H,6,8H2;1-5,8H,6H2;/q-2;;;;/p+1. The maximum atomic E-state index is 11.7. The van der Waals surface area contributed by atoms with E-state index in [9.17, 15) is 4.79 Å². The Morgan fingerprint density at radius 3 is 1.55 bits per heavy atom. The maximum absolute atomic E-state index is 11.7. The molecular weight excluding hydrogens is 696 g/mol. The molecule has 0 bridgehead atoms. The minimum Gasteiger partial charge on any atom is -0.565 e. The van der Waals surface area contributed by atoms with Gasteiger partial charge in [0, 0.05) is 41.0 Å². The van der Waals surface area contributed by atoms with Gasteiger partial charge in [-0.1, -0.05) is 121 Å². The fraction of sp³-hybridized carbons (Fsp3) is 0.262. The summed E-state index contributed by atoms with van der Waals surface area (Å²) < 4.78 is 0. The molecule has 0 saturated heterocycles. The zero-order chi connectivity index (χ0) is 36.8. The molecule has 0 radical (unpaired) electrons. The SMILES string of the molecule is NCc1ccccc1.O=C(NCc1ccccc1)c1ccccc1.OCc1ccccc1.[CH2-]N=c1cccc(N[PH+](C(C)(C)C)C(C)(C)C)[n-]1.[Ni]. The Labute approximate surface area is 317 Å². The average molecular weight is 752 g/mol. The first-order valence-electron chi connectivity index (χ1n) is 16.7. The van der Waals surface area contributed by atoms with Crippen molar-refractivity contribution in [3.8, 4) is 0 Å². The smallest absolute Gasteiger partial charge is 0.251 e. The van der Waals surface area contributed by atoms with E-state index in [1.54, 1.807) is 12.1 Å². The molecule has 5 N–H and O–H groups in total. The van der Waals surface area contributed by atoms with Crippen LogP contribution in [0.25, 0.3) is 0 Å². The van der Waals surface area contributed by atoms with Crippen LogP contribution in [-0.2, 0) is 36.2 Å². The Morgan fingerprint density at radius 2 is 1.16 bits per heavy atom. The van der Waals surface area contributed by atoms with Crippen molar-refractivity contribution in [3.63, 3.8) is 0 Å². The molecule has 0 spiro atoms. The first kappa shape index (κ1) is 44.8. The predicted octanol–water partition coefficient (Wildman–Crippen LogP) is 8.41. The predicted molar refractivity (Wildman–Crippen MR) is 213 cm³/mol. The number of benzene rings is 4. The number of anilines is 1. The molecule has 0 aliphatic heterocycles. The van der Waals surface area contributed by atoms with Crippen molar-refractivity contribution in [3.05, 3.63) is 174 Å². The Morgan fingerprint density at radius 1 is 0.706 bits per heavy atom. The molecule has 0 atom stereocenters. The van der Waals surface area contributed by atoms with E-state index >= 15 is 0 Å². The number of rotatable bonds is 7. The maximum Gasteiger partial charge on any atom is 0.251 e. The number of nitrogens with zero attached hydrogens (tertiary/aromatic N) is 2. The number of aliphatic hydroxyl groups is 1. The van der Waals surface area contributed by atoms with Gasteiger partial charge < -0.3 is 31.2 Å². The number of carbonyl (C=O) groups is 1. The van der Waals surface area contributed by atoms with Gasteiger partial charge in [0.2, 0.25) is 0 Å². The molecule has 0 fully saturated rings. The topological polar surface area (TPSA) is 114 Å². The van der Waals surface area contributed by atoms with Gasteiger partial charge in [-0.2, -0.15) is 0 Å². The minimum atomic E-state index is -0.827. The van der Waals surface area contributed by atoms with Gasteiger partial charge in [0.05, 0.1) is 25.0 Å². The molecule has 5 rings (SSSR count). The molecule has 276 valence electrons. The number of nitrogens with two attached hydrogens (primary N) is 1. The average Bonchev–Trinajstić information content (AvgIpc) is 3.14. The van der Waals surface area contributed by atoms with E-state index in [0.717, 1.165) is 16.9 Å². The molecule has 51 heavy (non-hydrogen) atoms. The van der Waals surface area contributed by atoms with Gasteiger partial charge in [0.25, 0.3) is 5.91 Å². The van der Waals surface area contributed by atoms with Crippen molar-refractivity contribution >= 4 is 19.8 Å². The van der Waals surface area contributed by atoms with E-state index in [1.807, 2.05) is 127 Å². The van der Waals surface area contributed by atoms with Crippen molar-refractivity contribution in [1.29, 1.82) is 0 Å². The van der Waals surface area contributed by atoms with Crippen molar-refractivity contribution in [2.75, 3.05) is 5.09 Å². The van der Waals surface area contributed by atoms with E-state index in [2.05, 4.69) is 69.0 Å². The van der Waals surface area contributed by atoms with Crippen LogP contribution in [0.2, 0.25) is 0 Å². The van der Waals surface area contributed by atoms with Crippen LogP contribution < -0.4 is 26.6 Å². The number of carbonyl (C=O) groups excluding carboxylic acids is 1. The first-order valence-corrected chi connectivity index (χ1v) is 18.2. The Balaban J connectivity index is 0.000000358. The van der Waals surface area contributed by atoms with Gasteiger partial charge in [-0.15, -0.1) is 11.6 Å². The zero-order valence-corrected chi connectivity index (χ0v) is 32.7. The summed E-state index contributed by atoms with van der Waals surface area (Å²) in [5, 5.41) is 15.6. The molecule has 9 heteroatoms. The first-order chi connectivity index (χ1) is 23.9. The quantitative estimate of drug-likeness (QED) is 0.0758. The Kier molecular flexibility index (Phi) is 21.2. The van der Waals surface area contributed by atoms with Crippen LogP contribution in [0.15, 0.2) is 145 Å². The molecule has 0 saturated carbocycles. The van der Waals surface area contributed by atoms with E-state index in [4.69, 9.17) is 10.8 Å². The van der Waals surface area contributed by atoms with Crippen LogP contribution >= 0.6 is 8.07 Å². The summed E-state index contributed by atoms with van der Waals surface area (Å²) in [6.07, 6.45) is 0. The number of aromatic nitrogens is 1. The summed E-state index contributed by atoms with van der Waals surface area (Å²) in [7, 11) is 2.69. The van der Waals surface area contributed by atoms with E-state index in [1.165, 1.54) is 5.56 Å². The second-order valence-corrected chi connectivity index (χ2v) is 17.4. The van der Waals surface area contributed by atoms with Crippen molar-refractivity contribution in [2.24, 2.45) is 10.7 Å². The molecule has 1 heterocycles. The third kappa shape index (κ3) is 18.6. The third-order valence-electron chi connectivity index (χ3n) is 7.09. The molecule has 4 aromatic carbocycles. The minimum absolute atomic E-state index is 0. The van der Waals surface area contributed by atoms with Crippen LogP contribution in [0.5, 0.6) is 0 Å². The number of aliphatic hydroxyl groups excluding tert-OH is 1. The number of hydrogen-bond donors (Lipinski definition) is 4. The summed E-state index contributed by atoms with van der Waals surface area (Å²) in [5.41, 5.74) is 9.97. The zero-order valence-electron chi connectivity index (χ0n) is 30.8. The van der Waals surface area contributed by atoms with Crippen LogP contribution in [0, 0.1) is 7.05 Å². The molecule has 1 aromatic heterocycles. The normalized spacial score (nSPS) is 10.9. The Hall–Kier alpha value is -4.19. The van der Waals surface area contributed by atoms with Gasteiger partial charge >= 0.3 is 0 Å². The summed E-state index contributed by atoms with van der Waals surface area (Å²) in [4.78, 5) is 20.0. The second-order valence-electron chi connectivity index (χ2n) is 13.4. The monoisotopic (exact) mass is 750 g/mol. The summed E-state index contributed by atoms with van der Waals surface area (Å²) >= 11 is 0. The van der Waals surface area contributed by atoms with Gasteiger partial charge in [-0.25, -0.2) is 7.05 Å². The molecule has 5 aromatic rings. The molecule has 0 unspecified atom stereocenters. The van der Waals surface area contributed by atoms with Gasteiger partial charge in [-0.3, -0.25) is 4.79 Å². The molecular formula is C42H55N5NiO2P-. The van der Waals surface area contributed by atoms with Gasteiger partial charge in [0.15, 0.2) is 0 Å². The van der Waals surface area contributed by atoms with Crippen LogP contribution in [0.3, 0.4) is 0 Å². The Bertz CT molecular complexity index is 1640. The molecule has 1 amide bonds. The number of pyridine rings is 1. The van der Waals surface area contributed by atoms with Crippen molar-refractivity contribution in [1.82, 2.24) is 10.3 Å². The van der Waals surface area contributed by atoms with Crippen molar-refractivity contribution < 1.29 is 26.4 Å². The fourth-order valence-corrected chi connectivity index (χ4v) is 8.27. The van der Waals surface area contributed by atoms with E-state index in [0.29, 0.717) is 24.1 Å². The molecule has 0 aliphatic carbocycles. The molecule has 7 nitrogen and oxygen atoms in total. The largest absolute Gasteiger partial charge is 0.565 e. The third-order valence-corrected chi connectivity index (χ3v) is 10.6. The fourth-order valence-electron chi connectivity index (χ4n) is 4.88. The summed E-state index contributed by atoms with van der Waals surface area (Å²) in [6.45, 7) is 15.1. The second kappa shape index (κ2) is 24.1. The van der Waals surface area contributed by atoms with Gasteiger partial charge in [0.1, 0.15) is 0 Å².